The lowest BCUT2D eigenvalue weighted by atomic mass is 10.2. The molecule has 0 bridgehead atoms. The molecule has 0 radical (unpaired) electrons. The highest BCUT2D eigenvalue weighted by atomic mass is 16.4. The normalized spacial score (nSPS) is 10.2. The molecule has 0 atom stereocenters. The van der Waals surface area contributed by atoms with E-state index in [4.69, 9.17) is 23.1 Å². The van der Waals surface area contributed by atoms with Crippen molar-refractivity contribution in [2.45, 2.75) is 0 Å². The minimum absolute atomic E-state index is 0.237. The Morgan fingerprint density at radius 3 is 1.46 bits per heavy atom. The molecule has 0 amide bonds. The zero-order valence-electron chi connectivity index (χ0n) is 23.2. The number of rotatable bonds is 6. The number of terminal acetylenes is 2. The summed E-state index contributed by atoms with van der Waals surface area (Å²) in [6.45, 7) is 0. The molecule has 4 heterocycles. The number of benzene rings is 2. The third-order valence-corrected chi connectivity index (χ3v) is 6.03. The second-order valence-corrected chi connectivity index (χ2v) is 8.98. The van der Waals surface area contributed by atoms with E-state index >= 15 is 0 Å². The molecule has 16 heteroatoms. The Labute approximate surface area is 258 Å². The number of aromatic nitrogens is 10. The highest BCUT2D eigenvalue weighted by Crippen LogP contribution is 2.25. The molecule has 0 fully saturated rings. The van der Waals surface area contributed by atoms with Crippen molar-refractivity contribution < 1.29 is 30.0 Å². The number of carboxylic acids is 2. The summed E-state index contributed by atoms with van der Waals surface area (Å²) in [4.78, 5) is 38.5. The Bertz CT molecular complexity index is 2050. The van der Waals surface area contributed by atoms with E-state index < -0.39 is 23.4 Å². The fourth-order valence-corrected chi connectivity index (χ4v) is 3.82. The molecule has 0 saturated carbocycles. The zero-order chi connectivity index (χ0) is 32.8. The molecule has 0 saturated heterocycles. The van der Waals surface area contributed by atoms with Gasteiger partial charge < -0.3 is 20.4 Å². The van der Waals surface area contributed by atoms with Crippen molar-refractivity contribution in [3.8, 4) is 70.3 Å². The monoisotopic (exact) mass is 614 g/mol. The first-order valence-corrected chi connectivity index (χ1v) is 12.7. The van der Waals surface area contributed by atoms with Crippen LogP contribution in [0.2, 0.25) is 0 Å². The van der Waals surface area contributed by atoms with Crippen molar-refractivity contribution in [3.63, 3.8) is 0 Å². The lowest BCUT2D eigenvalue weighted by Crippen LogP contribution is -2.00. The number of hydrogen-bond acceptors (Lipinski definition) is 12. The fraction of sp³-hybridized carbons (Fsp3) is 0. The van der Waals surface area contributed by atoms with Crippen molar-refractivity contribution in [2.24, 2.45) is 0 Å². The van der Waals surface area contributed by atoms with Gasteiger partial charge in [-0.2, -0.15) is 0 Å². The smallest absolute Gasteiger partial charge is 0.339 e. The second kappa shape index (κ2) is 12.8. The lowest BCUT2D eigenvalue weighted by Gasteiger charge is -2.03. The van der Waals surface area contributed by atoms with Gasteiger partial charge in [-0.05, 0) is 36.1 Å². The van der Waals surface area contributed by atoms with Gasteiger partial charge in [0, 0.05) is 12.1 Å². The summed E-state index contributed by atoms with van der Waals surface area (Å²) in [5.41, 5.74) is 2.68. The molecule has 224 valence electrons. The Kier molecular flexibility index (Phi) is 8.36. The predicted molar refractivity (Wildman–Crippen MR) is 158 cm³/mol. The van der Waals surface area contributed by atoms with Gasteiger partial charge in [-0.25, -0.2) is 28.9 Å². The van der Waals surface area contributed by atoms with Gasteiger partial charge in [-0.15, -0.1) is 23.0 Å². The van der Waals surface area contributed by atoms with Crippen LogP contribution in [0.1, 0.15) is 32.1 Å². The molecular formula is C30H18N10O6. The highest BCUT2D eigenvalue weighted by Gasteiger charge is 2.15. The first-order valence-electron chi connectivity index (χ1n) is 12.7. The molecular weight excluding hydrogens is 596 g/mol. The molecule has 6 rings (SSSR count). The van der Waals surface area contributed by atoms with Crippen LogP contribution in [-0.4, -0.2) is 82.3 Å². The Hall–Kier alpha value is -7.46. The number of carbonyl (C=O) groups is 2. The first kappa shape index (κ1) is 30.0. The molecule has 46 heavy (non-hydrogen) atoms. The maximum Gasteiger partial charge on any atom is 0.339 e. The molecule has 0 aliphatic rings. The van der Waals surface area contributed by atoms with Crippen LogP contribution in [0.4, 0.5) is 0 Å². The van der Waals surface area contributed by atoms with Crippen LogP contribution in [-0.2, 0) is 0 Å². The minimum Gasteiger partial charge on any atom is -0.507 e. The van der Waals surface area contributed by atoms with E-state index in [1.165, 1.54) is 82.9 Å². The Morgan fingerprint density at radius 2 is 1.07 bits per heavy atom. The van der Waals surface area contributed by atoms with Crippen LogP contribution in [0.5, 0.6) is 11.5 Å². The summed E-state index contributed by atoms with van der Waals surface area (Å²) in [6.07, 6.45) is 19.1. The van der Waals surface area contributed by atoms with Gasteiger partial charge in [0.05, 0.1) is 48.6 Å². The maximum absolute atomic E-state index is 11.1. The summed E-state index contributed by atoms with van der Waals surface area (Å²) < 4.78 is 2.69. The van der Waals surface area contributed by atoms with Crippen LogP contribution in [0, 0.1) is 24.7 Å². The average molecular weight is 615 g/mol. The maximum atomic E-state index is 11.1. The fourth-order valence-electron chi connectivity index (χ4n) is 3.82. The largest absolute Gasteiger partial charge is 0.507 e. The average Bonchev–Trinajstić information content (AvgIpc) is 3.76. The van der Waals surface area contributed by atoms with Crippen molar-refractivity contribution in [1.29, 1.82) is 0 Å². The zero-order valence-corrected chi connectivity index (χ0v) is 23.2. The molecule has 0 spiro atoms. The lowest BCUT2D eigenvalue weighted by molar-refractivity contribution is 0.0682. The first-order chi connectivity index (χ1) is 22.2. The number of aromatic hydroxyl groups is 2. The van der Waals surface area contributed by atoms with Crippen LogP contribution < -0.4 is 0 Å². The molecule has 4 N–H and O–H groups in total. The molecule has 0 aliphatic heterocycles. The van der Waals surface area contributed by atoms with Gasteiger partial charge in [0.25, 0.3) is 0 Å². The van der Waals surface area contributed by atoms with E-state index in [0.29, 0.717) is 45.5 Å². The van der Waals surface area contributed by atoms with Crippen LogP contribution >= 0.6 is 0 Å². The van der Waals surface area contributed by atoms with Gasteiger partial charge in [-0.1, -0.05) is 10.4 Å². The number of nitrogens with zero attached hydrogens (tertiary/aromatic N) is 10. The van der Waals surface area contributed by atoms with Gasteiger partial charge >= 0.3 is 11.9 Å². The summed E-state index contributed by atoms with van der Waals surface area (Å²) in [6, 6.07) is 7.97. The van der Waals surface area contributed by atoms with Crippen LogP contribution in [0.25, 0.3) is 34.2 Å². The highest BCUT2D eigenvalue weighted by molar-refractivity contribution is 5.91. The summed E-state index contributed by atoms with van der Waals surface area (Å²) in [7, 11) is 0. The SMILES string of the molecule is C#Cc1cncc(C#C)n1.O=C(O)c1ccc(-n2cc(-c3cncc(-c4cn(-c5ccc(C(=O)O)c(O)c5)nn4)n3)nn2)cc1O. The van der Waals surface area contributed by atoms with Gasteiger partial charge in [0.15, 0.2) is 0 Å². The number of hydrogen-bond donors (Lipinski definition) is 4. The molecule has 0 aliphatic carbocycles. The van der Waals surface area contributed by atoms with Crippen LogP contribution in [0.15, 0.2) is 73.6 Å². The van der Waals surface area contributed by atoms with Crippen molar-refractivity contribution in [1.82, 2.24) is 49.9 Å². The summed E-state index contributed by atoms with van der Waals surface area (Å²) in [5.74, 6) is 1.34. The predicted octanol–water partition coefficient (Wildman–Crippen LogP) is 2.22. The third kappa shape index (κ3) is 6.46. The minimum atomic E-state index is -1.25. The third-order valence-electron chi connectivity index (χ3n) is 6.03. The summed E-state index contributed by atoms with van der Waals surface area (Å²) >= 11 is 0. The van der Waals surface area contributed by atoms with E-state index in [-0.39, 0.29) is 11.1 Å². The van der Waals surface area contributed by atoms with Gasteiger partial charge in [0.1, 0.15) is 56.8 Å². The van der Waals surface area contributed by atoms with E-state index in [2.05, 4.69) is 52.4 Å². The van der Waals surface area contributed by atoms with Gasteiger partial charge in [-0.3, -0.25) is 9.97 Å². The Morgan fingerprint density at radius 1 is 0.630 bits per heavy atom. The van der Waals surface area contributed by atoms with Gasteiger partial charge in [0.2, 0.25) is 0 Å². The van der Waals surface area contributed by atoms with E-state index in [9.17, 15) is 19.8 Å². The topological polar surface area (TPSA) is 228 Å². The van der Waals surface area contributed by atoms with E-state index in [0.717, 1.165) is 0 Å². The van der Waals surface area contributed by atoms with E-state index in [1.807, 2.05) is 0 Å². The Balaban J connectivity index is 0.000000356. The van der Waals surface area contributed by atoms with Crippen LogP contribution in [0.3, 0.4) is 0 Å². The quantitative estimate of drug-likeness (QED) is 0.197. The van der Waals surface area contributed by atoms with Crippen molar-refractivity contribution >= 4 is 11.9 Å². The molecule has 4 aromatic heterocycles. The molecule has 6 aromatic rings. The van der Waals surface area contributed by atoms with Crippen molar-refractivity contribution in [2.75, 3.05) is 0 Å². The molecule has 16 nitrogen and oxygen atoms in total. The molecule has 2 aromatic carbocycles. The van der Waals surface area contributed by atoms with Crippen molar-refractivity contribution in [3.05, 3.63) is 96.1 Å². The standard InChI is InChI=1S/C22H14N8O6.C8H4N2/c31-19-5-11(1-3-13(19)21(33)34)29-9-17(25-27-29)15-7-23-8-16(24-15)18-10-30(28-26-18)12-2-4-14(22(35)36)20(32)6-12;1-3-7-5-9-6-8(4-2)10-7/h1-10,31-32H,(H,33,34)(H,35,36);1-2,5-6H. The summed E-state index contributed by atoms with van der Waals surface area (Å²) in [5, 5.41) is 54.1. The number of carboxylic acid groups (broad SMARTS) is 2. The second-order valence-electron chi connectivity index (χ2n) is 8.98. The number of phenols is 2. The number of aromatic carboxylic acids is 2. The molecule has 0 unspecified atom stereocenters. The van der Waals surface area contributed by atoms with E-state index in [1.54, 1.807) is 0 Å².